The first-order valence-electron chi connectivity index (χ1n) is 9.84. The van der Waals surface area contributed by atoms with Crippen molar-refractivity contribution in [2.75, 3.05) is 4.90 Å². The van der Waals surface area contributed by atoms with Crippen LogP contribution in [0.15, 0.2) is 54.7 Å². The summed E-state index contributed by atoms with van der Waals surface area (Å²) in [6, 6.07) is 12.2. The number of aryl methyl sites for hydroxylation is 2. The lowest BCUT2D eigenvalue weighted by molar-refractivity contribution is -0.274. The zero-order chi connectivity index (χ0) is 23.5. The fourth-order valence-corrected chi connectivity index (χ4v) is 3.98. The van der Waals surface area contributed by atoms with Gasteiger partial charge < -0.3 is 4.74 Å². The Bertz CT molecular complexity index is 1460. The lowest BCUT2D eigenvalue weighted by atomic mass is 10.1. The summed E-state index contributed by atoms with van der Waals surface area (Å²) in [5.74, 6) is -1.89. The van der Waals surface area contributed by atoms with E-state index in [0.29, 0.717) is 16.7 Å². The second kappa shape index (κ2) is 7.16. The summed E-state index contributed by atoms with van der Waals surface area (Å²) in [6.07, 6.45) is -3.61. The topological polar surface area (TPSA) is 77.3 Å². The quantitative estimate of drug-likeness (QED) is 0.420. The van der Waals surface area contributed by atoms with Gasteiger partial charge in [0.15, 0.2) is 5.65 Å². The molecule has 33 heavy (non-hydrogen) atoms. The molecule has 0 fully saturated rings. The first-order valence-corrected chi connectivity index (χ1v) is 9.84. The molecule has 1 aliphatic heterocycles. The second-order valence-corrected chi connectivity index (χ2v) is 7.52. The summed E-state index contributed by atoms with van der Waals surface area (Å²) in [6.45, 7) is 3.62. The van der Waals surface area contributed by atoms with Gasteiger partial charge in [-0.2, -0.15) is 5.10 Å². The number of amides is 2. The van der Waals surface area contributed by atoms with Gasteiger partial charge >= 0.3 is 6.36 Å². The molecule has 0 N–H and O–H groups in total. The monoisotopic (exact) mass is 452 g/mol. The van der Waals surface area contributed by atoms with Crippen LogP contribution in [0.4, 0.5) is 18.9 Å². The van der Waals surface area contributed by atoms with Crippen molar-refractivity contribution in [1.29, 1.82) is 0 Å². The van der Waals surface area contributed by atoms with Crippen LogP contribution in [0, 0.1) is 13.8 Å². The average Bonchev–Trinajstić information content (AvgIpc) is 3.21. The average molecular weight is 452 g/mol. The number of hydrogen-bond donors (Lipinski definition) is 0. The van der Waals surface area contributed by atoms with E-state index in [1.165, 1.54) is 18.3 Å². The van der Waals surface area contributed by atoms with Crippen LogP contribution in [0.25, 0.3) is 16.7 Å². The molecular formula is C23H15F3N4O3. The molecule has 0 saturated carbocycles. The summed E-state index contributed by atoms with van der Waals surface area (Å²) in [5.41, 5.74) is 2.74. The number of ether oxygens (including phenoxy) is 1. The van der Waals surface area contributed by atoms with Crippen LogP contribution < -0.4 is 9.64 Å². The van der Waals surface area contributed by atoms with Gasteiger partial charge in [-0.15, -0.1) is 13.2 Å². The molecule has 0 bridgehead atoms. The second-order valence-electron chi connectivity index (χ2n) is 7.52. The molecule has 2 aromatic carbocycles. The number of nitrogens with zero attached hydrogens (tertiary/aromatic N) is 4. The van der Waals surface area contributed by atoms with E-state index in [4.69, 9.17) is 0 Å². The minimum atomic E-state index is -4.90. The highest BCUT2D eigenvalue weighted by atomic mass is 19.4. The van der Waals surface area contributed by atoms with Crippen molar-refractivity contribution < 1.29 is 27.5 Å². The molecule has 7 nitrogen and oxygen atoms in total. The van der Waals surface area contributed by atoms with Crippen LogP contribution >= 0.6 is 0 Å². The van der Waals surface area contributed by atoms with E-state index in [1.807, 2.05) is 31.2 Å². The summed E-state index contributed by atoms with van der Waals surface area (Å²) < 4.78 is 43.4. The molecular weight excluding hydrogens is 437 g/mol. The Balaban J connectivity index is 1.64. The maximum absolute atomic E-state index is 13.4. The number of carbonyl (C=O) groups excluding carboxylic acids is 2. The smallest absolute Gasteiger partial charge is 0.406 e. The molecule has 5 rings (SSSR count). The third-order valence-electron chi connectivity index (χ3n) is 5.37. The molecule has 2 amide bonds. The van der Waals surface area contributed by atoms with Crippen LogP contribution in [-0.4, -0.2) is 32.9 Å². The van der Waals surface area contributed by atoms with Crippen LogP contribution in [0.5, 0.6) is 5.75 Å². The van der Waals surface area contributed by atoms with Crippen LogP contribution in [-0.2, 0) is 0 Å². The maximum atomic E-state index is 13.4. The van der Waals surface area contributed by atoms with E-state index in [9.17, 15) is 22.8 Å². The number of halogens is 3. The van der Waals surface area contributed by atoms with Gasteiger partial charge in [-0.1, -0.05) is 24.3 Å². The van der Waals surface area contributed by atoms with Crippen molar-refractivity contribution in [3.05, 3.63) is 77.1 Å². The van der Waals surface area contributed by atoms with Crippen LogP contribution in [0.1, 0.15) is 32.0 Å². The number of hydrogen-bond acceptors (Lipinski definition) is 5. The normalized spacial score (nSPS) is 13.7. The summed E-state index contributed by atoms with van der Waals surface area (Å²) in [7, 11) is 0. The number of fused-ring (bicyclic) bond motifs is 3. The highest BCUT2D eigenvalue weighted by Gasteiger charge is 2.40. The SMILES string of the molecule is Cc1ccccc1-n1nc(C)c2c3c(cnc21)C(=O)N(c1cccc(OC(F)(F)F)c1)C3=O. The number of carbonyl (C=O) groups is 2. The molecule has 0 atom stereocenters. The van der Waals surface area contributed by atoms with Gasteiger partial charge in [0.05, 0.1) is 33.6 Å². The summed E-state index contributed by atoms with van der Waals surface area (Å²) in [4.78, 5) is 31.6. The number of pyridine rings is 1. The Morgan fingerprint density at radius 3 is 2.45 bits per heavy atom. The molecule has 0 radical (unpaired) electrons. The largest absolute Gasteiger partial charge is 0.573 e. The molecule has 0 spiro atoms. The molecule has 1 aliphatic rings. The van der Waals surface area contributed by atoms with Gasteiger partial charge in [0.2, 0.25) is 0 Å². The van der Waals surface area contributed by atoms with Crippen molar-refractivity contribution >= 4 is 28.5 Å². The number of para-hydroxylation sites is 1. The van der Waals surface area contributed by atoms with E-state index in [2.05, 4.69) is 14.8 Å². The fourth-order valence-electron chi connectivity index (χ4n) is 3.98. The van der Waals surface area contributed by atoms with Gasteiger partial charge in [-0.3, -0.25) is 9.59 Å². The molecule has 0 unspecified atom stereocenters. The molecule has 2 aromatic heterocycles. The Morgan fingerprint density at radius 2 is 1.73 bits per heavy atom. The summed E-state index contributed by atoms with van der Waals surface area (Å²) in [5, 5.41) is 4.95. The molecule has 10 heteroatoms. The number of benzene rings is 2. The minimum absolute atomic E-state index is 0.0416. The van der Waals surface area contributed by atoms with Gasteiger partial charge in [0, 0.05) is 12.3 Å². The Hall–Kier alpha value is -4.21. The lowest BCUT2D eigenvalue weighted by Crippen LogP contribution is -2.29. The molecule has 0 saturated heterocycles. The third kappa shape index (κ3) is 3.30. The highest BCUT2D eigenvalue weighted by molar-refractivity contribution is 6.37. The number of aromatic nitrogens is 3. The standard InChI is InChI=1S/C23H15F3N4O3/c1-12-6-3-4-9-17(12)30-20-18(13(2)28-30)19-16(11-27-20)21(31)29(22(19)32)14-7-5-8-15(10-14)33-23(24,25)26/h3-11H,1-2H3. The van der Waals surface area contributed by atoms with Gasteiger partial charge in [0.25, 0.3) is 11.8 Å². The van der Waals surface area contributed by atoms with Crippen LogP contribution in [0.2, 0.25) is 0 Å². The van der Waals surface area contributed by atoms with Crippen molar-refractivity contribution in [1.82, 2.24) is 14.8 Å². The first-order chi connectivity index (χ1) is 15.7. The predicted octanol–water partition coefficient (Wildman–Crippen LogP) is 4.74. The van der Waals surface area contributed by atoms with E-state index < -0.39 is 23.9 Å². The fraction of sp³-hybridized carbons (Fsp3) is 0.130. The zero-order valence-corrected chi connectivity index (χ0v) is 17.3. The molecule has 166 valence electrons. The summed E-state index contributed by atoms with van der Waals surface area (Å²) >= 11 is 0. The Morgan fingerprint density at radius 1 is 0.970 bits per heavy atom. The predicted molar refractivity (Wildman–Crippen MR) is 113 cm³/mol. The van der Waals surface area contributed by atoms with Crippen molar-refractivity contribution in [3.8, 4) is 11.4 Å². The lowest BCUT2D eigenvalue weighted by Gasteiger charge is -2.15. The Kier molecular flexibility index (Phi) is 4.48. The van der Waals surface area contributed by atoms with Gasteiger partial charge in [-0.25, -0.2) is 14.6 Å². The minimum Gasteiger partial charge on any atom is -0.406 e. The number of imide groups is 1. The van der Waals surface area contributed by atoms with E-state index >= 15 is 0 Å². The maximum Gasteiger partial charge on any atom is 0.573 e. The molecule has 4 aromatic rings. The Labute approximate surface area is 185 Å². The number of anilines is 1. The van der Waals surface area contributed by atoms with E-state index in [1.54, 1.807) is 11.6 Å². The molecule has 0 aliphatic carbocycles. The van der Waals surface area contributed by atoms with E-state index in [-0.39, 0.29) is 16.8 Å². The van der Waals surface area contributed by atoms with Crippen molar-refractivity contribution in [3.63, 3.8) is 0 Å². The van der Waals surface area contributed by atoms with E-state index in [0.717, 1.165) is 28.3 Å². The highest BCUT2D eigenvalue weighted by Crippen LogP contribution is 2.36. The first kappa shape index (κ1) is 20.7. The van der Waals surface area contributed by atoms with Gasteiger partial charge in [-0.05, 0) is 37.6 Å². The number of rotatable bonds is 3. The number of alkyl halides is 3. The van der Waals surface area contributed by atoms with Crippen molar-refractivity contribution in [2.24, 2.45) is 0 Å². The van der Waals surface area contributed by atoms with Crippen LogP contribution in [0.3, 0.4) is 0 Å². The van der Waals surface area contributed by atoms with Crippen molar-refractivity contribution in [2.45, 2.75) is 20.2 Å². The van der Waals surface area contributed by atoms with Gasteiger partial charge in [0.1, 0.15) is 5.75 Å². The zero-order valence-electron chi connectivity index (χ0n) is 17.3. The molecule has 3 heterocycles. The third-order valence-corrected chi connectivity index (χ3v) is 5.37.